The summed E-state index contributed by atoms with van der Waals surface area (Å²) in [6.45, 7) is 0. The van der Waals surface area contributed by atoms with Crippen molar-refractivity contribution in [1.29, 1.82) is 0 Å². The van der Waals surface area contributed by atoms with Gasteiger partial charge in [0.15, 0.2) is 0 Å². The second kappa shape index (κ2) is 13.2. The Hall–Kier alpha value is -6.28. The molecule has 7 aromatic carbocycles. The van der Waals surface area contributed by atoms with Crippen molar-refractivity contribution in [3.05, 3.63) is 210 Å². The fourth-order valence-electron chi connectivity index (χ4n) is 9.45. The van der Waals surface area contributed by atoms with Crippen molar-refractivity contribution in [3.8, 4) is 11.4 Å². The molecule has 4 heterocycles. The van der Waals surface area contributed by atoms with Crippen LogP contribution in [0.15, 0.2) is 182 Å². The lowest BCUT2D eigenvalue weighted by Gasteiger charge is -2.40. The van der Waals surface area contributed by atoms with Gasteiger partial charge >= 0.3 is 0 Å². The average Bonchev–Trinajstić information content (AvgIpc) is 3.96. The van der Waals surface area contributed by atoms with Crippen LogP contribution in [0.5, 0.6) is 5.75 Å². The Balaban J connectivity index is 0.942. The van der Waals surface area contributed by atoms with E-state index in [9.17, 15) is 0 Å². The van der Waals surface area contributed by atoms with Crippen molar-refractivity contribution in [1.82, 2.24) is 20.5 Å². The molecule has 57 heavy (non-hydrogen) atoms. The number of thiophene rings is 1. The first-order chi connectivity index (χ1) is 28.2. The molecule has 0 radical (unpaired) electrons. The molecule has 3 N–H and O–H groups in total. The van der Waals surface area contributed by atoms with Gasteiger partial charge in [0.2, 0.25) is 0 Å². The minimum Gasteiger partial charge on any atom is -0.460 e. The lowest BCUT2D eigenvalue weighted by atomic mass is 9.86. The third kappa shape index (κ3) is 5.33. The van der Waals surface area contributed by atoms with Gasteiger partial charge in [0.05, 0.1) is 29.5 Å². The molecular weight excluding hydrogens is 717 g/mol. The smallest absolute Gasteiger partial charge is 0.133 e. The van der Waals surface area contributed by atoms with E-state index in [1.54, 1.807) is 0 Å². The third-order valence-corrected chi connectivity index (χ3v) is 13.2. The largest absolute Gasteiger partial charge is 0.460 e. The number of hydrogen-bond acceptors (Lipinski definition) is 5. The number of para-hydroxylation sites is 2. The number of nitrogens with one attached hydrogen (secondary N) is 3. The summed E-state index contributed by atoms with van der Waals surface area (Å²) in [6, 6.07) is 59.2. The number of ether oxygens (including phenoxy) is 1. The van der Waals surface area contributed by atoms with E-state index in [1.807, 2.05) is 11.3 Å². The van der Waals surface area contributed by atoms with Crippen molar-refractivity contribution < 1.29 is 4.74 Å². The van der Waals surface area contributed by atoms with Crippen LogP contribution in [0.25, 0.3) is 53.2 Å². The van der Waals surface area contributed by atoms with Gasteiger partial charge in [-0.3, -0.25) is 16.0 Å². The molecule has 2 aliphatic heterocycles. The Bertz CT molecular complexity index is 2990. The molecular formula is C51H38N4OS. The Morgan fingerprint density at radius 3 is 1.93 bits per heavy atom. The SMILES string of the molecule is C1=CC(c2ccc3sc4cccc(C5NC(c6ccccc6)NC(c6ccccc6)N5)c4c3c2)=C2Oc3cc(-n4c5ccccc5c5ccccc54)ccc3C2C1. The van der Waals surface area contributed by atoms with Gasteiger partial charge in [0.1, 0.15) is 11.5 Å². The molecule has 12 rings (SSSR count). The van der Waals surface area contributed by atoms with Crippen LogP contribution in [0, 0.1) is 0 Å². The molecule has 0 bridgehead atoms. The molecule has 3 unspecified atom stereocenters. The number of nitrogens with zero attached hydrogens (tertiary/aromatic N) is 1. The summed E-state index contributed by atoms with van der Waals surface area (Å²) in [5.41, 5.74) is 10.8. The summed E-state index contributed by atoms with van der Waals surface area (Å²) >= 11 is 1.86. The van der Waals surface area contributed by atoms with Crippen molar-refractivity contribution in [3.63, 3.8) is 0 Å². The van der Waals surface area contributed by atoms with E-state index < -0.39 is 0 Å². The quantitative estimate of drug-likeness (QED) is 0.164. The van der Waals surface area contributed by atoms with Gasteiger partial charge in [-0.15, -0.1) is 11.3 Å². The number of fused-ring (bicyclic) bond motifs is 9. The summed E-state index contributed by atoms with van der Waals surface area (Å²) in [4.78, 5) is 0. The van der Waals surface area contributed by atoms with E-state index in [0.717, 1.165) is 29.2 Å². The Morgan fingerprint density at radius 1 is 0.544 bits per heavy atom. The molecule has 5 nitrogen and oxygen atoms in total. The monoisotopic (exact) mass is 754 g/mol. The Morgan fingerprint density at radius 2 is 1.21 bits per heavy atom. The van der Waals surface area contributed by atoms with Gasteiger partial charge in [-0.2, -0.15) is 0 Å². The first kappa shape index (κ1) is 32.9. The molecule has 274 valence electrons. The first-order valence-corrected chi connectivity index (χ1v) is 20.6. The maximum atomic E-state index is 6.94. The number of aromatic nitrogens is 1. The highest BCUT2D eigenvalue weighted by Crippen LogP contribution is 2.50. The van der Waals surface area contributed by atoms with E-state index in [2.05, 4.69) is 196 Å². The Kier molecular flexibility index (Phi) is 7.60. The molecule has 3 atom stereocenters. The highest BCUT2D eigenvalue weighted by Gasteiger charge is 2.35. The van der Waals surface area contributed by atoms with E-state index in [1.165, 1.54) is 69.8 Å². The number of rotatable bonds is 5. The molecule has 0 spiro atoms. The minimum atomic E-state index is -0.0933. The number of benzene rings is 7. The second-order valence-electron chi connectivity index (χ2n) is 15.3. The summed E-state index contributed by atoms with van der Waals surface area (Å²) < 4.78 is 11.9. The zero-order valence-corrected chi connectivity index (χ0v) is 31.8. The maximum Gasteiger partial charge on any atom is 0.133 e. The van der Waals surface area contributed by atoms with Crippen molar-refractivity contribution in [2.45, 2.75) is 30.8 Å². The first-order valence-electron chi connectivity index (χ1n) is 19.8. The summed E-state index contributed by atoms with van der Waals surface area (Å²) in [5.74, 6) is 2.18. The van der Waals surface area contributed by atoms with Gasteiger partial charge in [-0.25, -0.2) is 0 Å². The molecule has 2 aromatic heterocycles. The fourth-order valence-corrected chi connectivity index (χ4v) is 10.6. The predicted octanol–water partition coefficient (Wildman–Crippen LogP) is 12.2. The third-order valence-electron chi connectivity index (χ3n) is 12.1. The van der Waals surface area contributed by atoms with Gasteiger partial charge in [-0.1, -0.05) is 133 Å². The van der Waals surface area contributed by atoms with Gasteiger partial charge in [0.25, 0.3) is 0 Å². The molecule has 3 aliphatic rings. The molecule has 0 amide bonds. The maximum absolute atomic E-state index is 6.94. The van der Waals surface area contributed by atoms with Crippen LogP contribution >= 0.6 is 11.3 Å². The van der Waals surface area contributed by atoms with Crippen LogP contribution in [0.3, 0.4) is 0 Å². The van der Waals surface area contributed by atoms with Crippen LogP contribution in [-0.2, 0) is 0 Å². The van der Waals surface area contributed by atoms with E-state index in [-0.39, 0.29) is 24.4 Å². The van der Waals surface area contributed by atoms with E-state index in [4.69, 9.17) is 4.74 Å². The topological polar surface area (TPSA) is 50.2 Å². The number of hydrogen-bond donors (Lipinski definition) is 3. The van der Waals surface area contributed by atoms with Gasteiger partial charge in [-0.05, 0) is 65.1 Å². The van der Waals surface area contributed by atoms with Gasteiger partial charge < -0.3 is 9.30 Å². The molecule has 1 aliphatic carbocycles. The zero-order valence-electron chi connectivity index (χ0n) is 31.0. The second-order valence-corrected chi connectivity index (χ2v) is 16.4. The number of allylic oxidation sites excluding steroid dienone is 4. The average molecular weight is 755 g/mol. The van der Waals surface area contributed by atoms with Crippen molar-refractivity contribution >= 4 is 58.9 Å². The molecule has 1 fully saturated rings. The van der Waals surface area contributed by atoms with Crippen LogP contribution in [0.4, 0.5) is 0 Å². The van der Waals surface area contributed by atoms with E-state index in [0.29, 0.717) is 0 Å². The molecule has 9 aromatic rings. The lowest BCUT2D eigenvalue weighted by molar-refractivity contribution is 0.204. The van der Waals surface area contributed by atoms with Crippen LogP contribution < -0.4 is 20.7 Å². The standard InChI is InChI=1S/C51H38N4OS/c1-3-13-31(14-4-1)49-52-50(32-15-5-2-6-16-32)54-51(53-49)40-21-12-24-46-47(40)41-29-33(25-28-45(41)57-46)35-19-11-20-39-38-27-26-34(30-44(38)56-48(35)39)55-42-22-9-7-17-36(42)37-18-8-10-23-43(37)55/h1-19,21-30,39,49-54H,20H2. The fraction of sp³-hybridized carbons (Fsp3) is 0.0980. The summed E-state index contributed by atoms with van der Waals surface area (Å²) in [6.07, 6.45) is 5.35. The normalized spacial score (nSPS) is 20.4. The lowest BCUT2D eigenvalue weighted by Crippen LogP contribution is -2.54. The Labute approximate surface area is 334 Å². The van der Waals surface area contributed by atoms with Crippen molar-refractivity contribution in [2.24, 2.45) is 0 Å². The van der Waals surface area contributed by atoms with Crippen LogP contribution in [0.2, 0.25) is 0 Å². The highest BCUT2D eigenvalue weighted by molar-refractivity contribution is 7.25. The highest BCUT2D eigenvalue weighted by atomic mass is 32.1. The summed E-state index contributed by atoms with van der Waals surface area (Å²) in [7, 11) is 0. The van der Waals surface area contributed by atoms with Gasteiger partial charge in [0, 0.05) is 59.8 Å². The van der Waals surface area contributed by atoms with Crippen molar-refractivity contribution in [2.75, 3.05) is 0 Å². The van der Waals surface area contributed by atoms with E-state index >= 15 is 0 Å². The molecule has 0 saturated carbocycles. The molecule has 6 heteroatoms. The van der Waals surface area contributed by atoms with Crippen LogP contribution in [0.1, 0.15) is 58.7 Å². The molecule has 1 saturated heterocycles. The minimum absolute atomic E-state index is 0.0359. The van der Waals surface area contributed by atoms with Crippen LogP contribution in [-0.4, -0.2) is 4.57 Å². The zero-order chi connectivity index (χ0) is 37.5. The predicted molar refractivity (Wildman–Crippen MR) is 235 cm³/mol. The summed E-state index contributed by atoms with van der Waals surface area (Å²) in [5, 5.41) is 16.8.